The van der Waals surface area contributed by atoms with Crippen LogP contribution in [0.5, 0.6) is 0 Å². The van der Waals surface area contributed by atoms with E-state index in [2.05, 4.69) is 0 Å². The molecule has 1 saturated heterocycles. The van der Waals surface area contributed by atoms with Crippen LogP contribution in [0.25, 0.3) is 0 Å². The van der Waals surface area contributed by atoms with Crippen molar-refractivity contribution in [2.24, 2.45) is 0 Å². The summed E-state index contributed by atoms with van der Waals surface area (Å²) in [5.41, 5.74) is 0. The van der Waals surface area contributed by atoms with Gasteiger partial charge in [0, 0.05) is 40.8 Å². The summed E-state index contributed by atoms with van der Waals surface area (Å²) >= 11 is 0. The van der Waals surface area contributed by atoms with Crippen molar-refractivity contribution in [2.45, 2.75) is 44.8 Å². The van der Waals surface area contributed by atoms with E-state index in [1.807, 2.05) is 0 Å². The van der Waals surface area contributed by atoms with E-state index in [0.717, 1.165) is 0 Å². The molecule has 150 valence electrons. The molecule has 1 rings (SSSR count). The Kier molecular flexibility index (Phi) is 9.47. The second-order valence-electron chi connectivity index (χ2n) is 5.82. The van der Waals surface area contributed by atoms with Gasteiger partial charge in [-0.05, 0) is 6.92 Å². The van der Waals surface area contributed by atoms with Gasteiger partial charge in [0.05, 0.1) is 6.61 Å². The van der Waals surface area contributed by atoms with Crippen molar-refractivity contribution in [3.63, 3.8) is 0 Å². The first-order valence-electron chi connectivity index (χ1n) is 7.88. The fourth-order valence-corrected chi connectivity index (χ4v) is 3.57. The lowest BCUT2D eigenvalue weighted by Crippen LogP contribution is -2.48. The molecule has 0 aromatic heterocycles. The number of ketones is 1. The van der Waals surface area contributed by atoms with Gasteiger partial charge in [0.25, 0.3) is 0 Å². The number of hydrogen-bond donors (Lipinski definition) is 0. The van der Waals surface area contributed by atoms with Gasteiger partial charge in [-0.25, -0.2) is 4.57 Å². The molecule has 0 radical (unpaired) electrons. The fraction of sp³-hybridized carbons (Fsp3) is 0.857. The van der Waals surface area contributed by atoms with E-state index in [0.29, 0.717) is 0 Å². The molecular weight excluding hydrogens is 388 g/mol. The van der Waals surface area contributed by atoms with Gasteiger partial charge in [0.2, 0.25) is 5.91 Å². The van der Waals surface area contributed by atoms with Crippen LogP contribution < -0.4 is 0 Å². The smallest absolute Gasteiger partial charge is 0.327 e. The Labute approximate surface area is 154 Å². The van der Waals surface area contributed by atoms with Crippen molar-refractivity contribution < 1.29 is 41.8 Å². The van der Waals surface area contributed by atoms with E-state index in [1.165, 1.54) is 39.6 Å². The van der Waals surface area contributed by atoms with Gasteiger partial charge in [0.1, 0.15) is 24.1 Å². The van der Waals surface area contributed by atoms with E-state index < -0.39 is 40.8 Å². The lowest BCUT2D eigenvalue weighted by Gasteiger charge is -2.31. The van der Waals surface area contributed by atoms with Crippen molar-refractivity contribution in [3.8, 4) is 0 Å². The summed E-state index contributed by atoms with van der Waals surface area (Å²) in [7, 11) is -1.33. The van der Waals surface area contributed by atoms with Crippen molar-refractivity contribution in [2.75, 3.05) is 34.0 Å². The van der Waals surface area contributed by atoms with Crippen molar-refractivity contribution in [3.05, 3.63) is 0 Å². The Morgan fingerprint density at radius 3 is 2.35 bits per heavy atom. The number of nitrogens with zero attached hydrogens (tertiary/aromatic N) is 1. The lowest BCUT2D eigenvalue weighted by molar-refractivity contribution is -0.152. The quantitative estimate of drug-likeness (QED) is 0.466. The van der Waals surface area contributed by atoms with E-state index in [9.17, 15) is 18.7 Å². The van der Waals surface area contributed by atoms with Crippen LogP contribution in [0.1, 0.15) is 20.3 Å². The summed E-state index contributed by atoms with van der Waals surface area (Å²) in [6.07, 6.45) is -3.27. The van der Waals surface area contributed by atoms with Gasteiger partial charge in [-0.1, -0.05) is 0 Å². The Hall–Kier alpha value is -0.730. The van der Waals surface area contributed by atoms with Crippen molar-refractivity contribution in [1.29, 1.82) is 0 Å². The average molecular weight is 413 g/mol. The summed E-state index contributed by atoms with van der Waals surface area (Å²) in [4.78, 5) is 24.7. The minimum Gasteiger partial charge on any atom is -0.374 e. The largest absolute Gasteiger partial charge is 0.374 e. The first kappa shape index (κ1) is 23.3. The molecule has 10 nitrogen and oxygen atoms in total. The lowest BCUT2D eigenvalue weighted by atomic mass is 10.1. The van der Waals surface area contributed by atoms with Crippen LogP contribution in [-0.2, 0) is 41.8 Å². The highest BCUT2D eigenvalue weighted by Crippen LogP contribution is 2.47. The Bertz CT molecular complexity index is 559. The summed E-state index contributed by atoms with van der Waals surface area (Å²) in [5.74, 6) is -0.412. The molecule has 1 heterocycles. The summed E-state index contributed by atoms with van der Waals surface area (Å²) in [6.45, 7) is 4.03. The Morgan fingerprint density at radius 2 is 1.88 bits per heavy atom. The van der Waals surface area contributed by atoms with Crippen LogP contribution in [0.3, 0.4) is 0 Å². The topological polar surface area (TPSA) is 118 Å². The van der Waals surface area contributed by atoms with Gasteiger partial charge in [-0.3, -0.25) is 23.2 Å². The first-order chi connectivity index (χ1) is 12.2. The third-order valence-corrected chi connectivity index (χ3v) is 5.45. The number of hydrogen-bond acceptors (Lipinski definition) is 9. The summed E-state index contributed by atoms with van der Waals surface area (Å²) in [6, 6.07) is 0. The van der Waals surface area contributed by atoms with E-state index in [-0.39, 0.29) is 31.3 Å². The van der Waals surface area contributed by atoms with E-state index in [1.54, 1.807) is 0 Å². The molecule has 0 aliphatic carbocycles. The molecule has 12 heteroatoms. The van der Waals surface area contributed by atoms with Gasteiger partial charge in [-0.15, -0.1) is 0 Å². The number of amides is 1. The van der Waals surface area contributed by atoms with E-state index in [4.69, 9.17) is 23.0 Å². The number of rotatable bonds is 11. The average Bonchev–Trinajstić information content (AvgIpc) is 2.89. The fourth-order valence-electron chi connectivity index (χ4n) is 2.58. The number of carbonyl (C=O) groups excluding carboxylic acids is 2. The molecule has 0 N–H and O–H groups in total. The highest BCUT2D eigenvalue weighted by atomic mass is 31.2. The predicted molar refractivity (Wildman–Crippen MR) is 91.1 cm³/mol. The van der Waals surface area contributed by atoms with Crippen LogP contribution in [0.4, 0.5) is 0 Å². The highest BCUT2D eigenvalue weighted by Gasteiger charge is 2.51. The maximum absolute atomic E-state index is 12.3. The number of Topliss-reactive ketones (excluding diaryl/α,β-unsaturated/α-hetero) is 1. The molecular formula is C14H25NO9P2. The summed E-state index contributed by atoms with van der Waals surface area (Å²) in [5, 5.41) is 0. The monoisotopic (exact) mass is 413 g/mol. The molecule has 0 bridgehead atoms. The zero-order valence-corrected chi connectivity index (χ0v) is 17.2. The maximum atomic E-state index is 12.3. The van der Waals surface area contributed by atoms with Crippen LogP contribution in [-0.4, -0.2) is 75.2 Å². The number of methoxy groups -OCH3 is 1. The molecule has 1 fully saturated rings. The molecule has 0 aromatic rings. The van der Waals surface area contributed by atoms with Crippen molar-refractivity contribution >= 4 is 28.0 Å². The summed E-state index contributed by atoms with van der Waals surface area (Å²) < 4.78 is 49.4. The number of ether oxygens (including phenoxy) is 2. The van der Waals surface area contributed by atoms with Crippen molar-refractivity contribution in [1.82, 2.24) is 4.90 Å². The molecule has 0 saturated carbocycles. The molecule has 0 spiro atoms. The van der Waals surface area contributed by atoms with Crippen LogP contribution in [0.15, 0.2) is 0 Å². The molecule has 0 aromatic carbocycles. The molecule has 2 unspecified atom stereocenters. The molecule has 1 amide bonds. The van der Waals surface area contributed by atoms with Crippen LogP contribution in [0, 0.1) is 0 Å². The molecule has 5 atom stereocenters. The minimum absolute atomic E-state index is 0.0847. The Morgan fingerprint density at radius 1 is 1.23 bits per heavy atom. The standard InChI is InChI=1S/C14H25NO9P2/c1-9(16)6-7-15(10(2)17)14-13(20-3)12(24-26(5,19)21-4)11(23-14)8-22-25-18/h11-14H,6-8H2,1-5H3/t11-,12+,13?,14-,26?/m1/s1. The third kappa shape index (κ3) is 6.46. The third-order valence-electron chi connectivity index (χ3n) is 3.91. The van der Waals surface area contributed by atoms with Crippen LogP contribution >= 0.6 is 16.3 Å². The Balaban J connectivity index is 3.10. The first-order valence-corrected chi connectivity index (χ1v) is 10.6. The highest BCUT2D eigenvalue weighted by molar-refractivity contribution is 7.52. The van der Waals surface area contributed by atoms with Gasteiger partial charge in [0.15, 0.2) is 6.23 Å². The maximum Gasteiger partial charge on any atom is 0.327 e. The molecule has 1 aliphatic rings. The zero-order valence-electron chi connectivity index (χ0n) is 15.4. The van der Waals surface area contributed by atoms with E-state index >= 15 is 0 Å². The molecule has 26 heavy (non-hydrogen) atoms. The SMILES string of the molecule is COC1[C@@H](OP(C)(=O)OC)[C@@H](COP=O)O[C@H]1N(CCC(C)=O)C(C)=O. The molecule has 1 aliphatic heterocycles. The van der Waals surface area contributed by atoms with Gasteiger partial charge < -0.3 is 18.9 Å². The van der Waals surface area contributed by atoms with Gasteiger partial charge >= 0.3 is 16.3 Å². The van der Waals surface area contributed by atoms with Gasteiger partial charge in [-0.2, -0.15) is 0 Å². The predicted octanol–water partition coefficient (Wildman–Crippen LogP) is 1.63. The van der Waals surface area contributed by atoms with Crippen LogP contribution in [0.2, 0.25) is 0 Å². The zero-order chi connectivity index (χ0) is 19.9. The normalized spacial score (nSPS) is 28.0. The second-order valence-corrected chi connectivity index (χ2v) is 8.35. The minimum atomic E-state index is -3.41. The second kappa shape index (κ2) is 10.6. The number of carbonyl (C=O) groups is 2.